The van der Waals surface area contributed by atoms with Crippen molar-refractivity contribution in [3.8, 4) is 0 Å². The molecule has 1 unspecified atom stereocenters. The number of hydrogen-bond donors (Lipinski definition) is 1. The topological polar surface area (TPSA) is 29.5 Å². The summed E-state index contributed by atoms with van der Waals surface area (Å²) in [4.78, 5) is 0. The Labute approximate surface area is 66.0 Å². The Hall–Kier alpha value is 0.270. The molecule has 0 radical (unpaired) electrons. The Kier molecular flexibility index (Phi) is 4.18. The average molecular weight is 162 g/mol. The van der Waals surface area contributed by atoms with Crippen molar-refractivity contribution in [2.75, 3.05) is 25.6 Å². The van der Waals surface area contributed by atoms with Gasteiger partial charge in [-0.1, -0.05) is 0 Å². The van der Waals surface area contributed by atoms with E-state index in [1.54, 1.807) is 0 Å². The lowest BCUT2D eigenvalue weighted by molar-refractivity contribution is 0.101. The minimum Gasteiger partial charge on any atom is -0.396 e. The lowest BCUT2D eigenvalue weighted by Gasteiger charge is -2.20. The second-order valence-corrected chi connectivity index (χ2v) is 3.84. The smallest absolute Gasteiger partial charge is 0.0585 e. The normalized spacial score (nSPS) is 26.7. The molecule has 0 aliphatic carbocycles. The molecule has 2 nitrogen and oxygen atoms in total. The van der Waals surface area contributed by atoms with Gasteiger partial charge in [0, 0.05) is 17.6 Å². The summed E-state index contributed by atoms with van der Waals surface area (Å²) in [6.07, 6.45) is 2.44. The Morgan fingerprint density at radius 3 is 3.10 bits per heavy atom. The molecule has 0 bridgehead atoms. The van der Waals surface area contributed by atoms with E-state index in [4.69, 9.17) is 9.84 Å². The Bertz CT molecular complexity index is 81.7. The zero-order valence-corrected chi connectivity index (χ0v) is 6.90. The van der Waals surface area contributed by atoms with E-state index in [9.17, 15) is 0 Å². The van der Waals surface area contributed by atoms with Gasteiger partial charge in [0.05, 0.1) is 13.2 Å². The van der Waals surface area contributed by atoms with Crippen molar-refractivity contribution in [2.45, 2.75) is 18.1 Å². The Balaban J connectivity index is 2.02. The van der Waals surface area contributed by atoms with Crippen LogP contribution in [0.4, 0.5) is 0 Å². The van der Waals surface area contributed by atoms with Crippen LogP contribution in [-0.4, -0.2) is 35.9 Å². The molecule has 1 saturated heterocycles. The summed E-state index contributed by atoms with van der Waals surface area (Å²) in [5.74, 6) is 0.855. The van der Waals surface area contributed by atoms with Crippen LogP contribution in [-0.2, 0) is 4.74 Å². The van der Waals surface area contributed by atoms with Gasteiger partial charge in [-0.2, -0.15) is 11.8 Å². The van der Waals surface area contributed by atoms with E-state index in [2.05, 4.69) is 0 Å². The summed E-state index contributed by atoms with van der Waals surface area (Å²) in [5.41, 5.74) is 0. The van der Waals surface area contributed by atoms with Crippen molar-refractivity contribution in [2.24, 2.45) is 0 Å². The Morgan fingerprint density at radius 1 is 1.60 bits per heavy atom. The highest BCUT2D eigenvalue weighted by Crippen LogP contribution is 2.19. The highest BCUT2D eigenvalue weighted by atomic mass is 32.2. The van der Waals surface area contributed by atoms with Crippen LogP contribution in [0.25, 0.3) is 0 Å². The number of hydrogen-bond acceptors (Lipinski definition) is 3. The number of aliphatic hydroxyl groups excluding tert-OH is 1. The zero-order chi connectivity index (χ0) is 7.23. The first-order chi connectivity index (χ1) is 4.93. The van der Waals surface area contributed by atoms with Gasteiger partial charge in [-0.3, -0.25) is 0 Å². The summed E-state index contributed by atoms with van der Waals surface area (Å²) in [7, 11) is 0. The third-order valence-electron chi connectivity index (χ3n) is 1.56. The van der Waals surface area contributed by atoms with Crippen LogP contribution in [0.5, 0.6) is 0 Å². The van der Waals surface area contributed by atoms with Crippen LogP contribution in [0.3, 0.4) is 0 Å². The summed E-state index contributed by atoms with van der Waals surface area (Å²) in [6.45, 7) is 2.10. The van der Waals surface area contributed by atoms with Crippen molar-refractivity contribution in [3.05, 3.63) is 0 Å². The van der Waals surface area contributed by atoms with Crippen LogP contribution in [0, 0.1) is 0 Å². The zero-order valence-electron chi connectivity index (χ0n) is 6.08. The van der Waals surface area contributed by atoms with Crippen molar-refractivity contribution in [1.29, 1.82) is 0 Å². The molecule has 0 aromatic heterocycles. The van der Waals surface area contributed by atoms with E-state index in [1.165, 1.54) is 12.8 Å². The molecule has 1 rings (SSSR count). The number of aliphatic hydroxyl groups is 1. The molecule has 1 fully saturated rings. The van der Waals surface area contributed by atoms with Gasteiger partial charge >= 0.3 is 0 Å². The van der Waals surface area contributed by atoms with E-state index in [0.29, 0.717) is 11.9 Å². The van der Waals surface area contributed by atoms with Gasteiger partial charge < -0.3 is 9.84 Å². The minimum atomic E-state index is 0.293. The Morgan fingerprint density at radius 2 is 2.50 bits per heavy atom. The second-order valence-electron chi connectivity index (χ2n) is 2.43. The lowest BCUT2D eigenvalue weighted by Crippen LogP contribution is -2.19. The number of ether oxygens (including phenoxy) is 1. The molecular formula is C7H14O2S. The molecule has 0 amide bonds. The van der Waals surface area contributed by atoms with E-state index < -0.39 is 0 Å². The van der Waals surface area contributed by atoms with E-state index in [-0.39, 0.29) is 0 Å². The molecule has 1 atom stereocenters. The lowest BCUT2D eigenvalue weighted by atomic mass is 10.2. The predicted octanol–water partition coefficient (Wildman–Crippen LogP) is 0.891. The van der Waals surface area contributed by atoms with E-state index >= 15 is 0 Å². The molecule has 60 valence electrons. The second kappa shape index (κ2) is 4.99. The minimum absolute atomic E-state index is 0.293. The van der Waals surface area contributed by atoms with Crippen LogP contribution < -0.4 is 0 Å². The van der Waals surface area contributed by atoms with Gasteiger partial charge in [0.1, 0.15) is 0 Å². The van der Waals surface area contributed by atoms with Gasteiger partial charge in [0.15, 0.2) is 0 Å². The van der Waals surface area contributed by atoms with Crippen molar-refractivity contribution >= 4 is 11.8 Å². The third-order valence-corrected chi connectivity index (χ3v) is 2.82. The van der Waals surface area contributed by atoms with Crippen molar-refractivity contribution in [3.63, 3.8) is 0 Å². The van der Waals surface area contributed by atoms with Gasteiger partial charge in [-0.05, 0) is 12.8 Å². The quantitative estimate of drug-likeness (QED) is 0.668. The molecule has 1 N–H and O–H groups in total. The fourth-order valence-electron chi connectivity index (χ4n) is 1.06. The first kappa shape index (κ1) is 8.37. The molecule has 0 spiro atoms. The standard InChI is InChI=1S/C7H14O2S/c8-3-5-10-7-2-1-4-9-6-7/h7-8H,1-6H2. The van der Waals surface area contributed by atoms with Crippen LogP contribution in [0.1, 0.15) is 12.8 Å². The molecule has 1 aliphatic rings. The molecule has 0 saturated carbocycles. The van der Waals surface area contributed by atoms with Crippen LogP contribution in [0.15, 0.2) is 0 Å². The van der Waals surface area contributed by atoms with E-state index in [1.807, 2.05) is 11.8 Å². The molecule has 10 heavy (non-hydrogen) atoms. The largest absolute Gasteiger partial charge is 0.396 e. The summed E-state index contributed by atoms with van der Waals surface area (Å²) in [5, 5.41) is 9.17. The maximum Gasteiger partial charge on any atom is 0.0585 e. The first-order valence-electron chi connectivity index (χ1n) is 3.73. The first-order valence-corrected chi connectivity index (χ1v) is 4.78. The number of rotatable bonds is 3. The molecule has 3 heteroatoms. The molecule has 1 heterocycles. The van der Waals surface area contributed by atoms with Crippen LogP contribution in [0.2, 0.25) is 0 Å². The fraction of sp³-hybridized carbons (Fsp3) is 1.00. The summed E-state index contributed by atoms with van der Waals surface area (Å²) >= 11 is 1.82. The maximum absolute atomic E-state index is 8.54. The molecule has 1 aliphatic heterocycles. The fourth-order valence-corrected chi connectivity index (χ4v) is 2.03. The summed E-state index contributed by atoms with van der Waals surface area (Å²) < 4.78 is 5.28. The molecule has 0 aromatic rings. The van der Waals surface area contributed by atoms with Gasteiger partial charge in [0.2, 0.25) is 0 Å². The van der Waals surface area contributed by atoms with Gasteiger partial charge in [0.25, 0.3) is 0 Å². The third kappa shape index (κ3) is 2.90. The molecule has 0 aromatic carbocycles. The van der Waals surface area contributed by atoms with Crippen molar-refractivity contribution in [1.82, 2.24) is 0 Å². The van der Waals surface area contributed by atoms with Gasteiger partial charge in [-0.25, -0.2) is 0 Å². The highest BCUT2D eigenvalue weighted by molar-refractivity contribution is 7.99. The highest BCUT2D eigenvalue weighted by Gasteiger charge is 2.12. The molecular weight excluding hydrogens is 148 g/mol. The summed E-state index contributed by atoms with van der Waals surface area (Å²) in [6, 6.07) is 0. The predicted molar refractivity (Wildman–Crippen MR) is 43.4 cm³/mol. The average Bonchev–Trinajstić information content (AvgIpc) is 2.03. The monoisotopic (exact) mass is 162 g/mol. The SMILES string of the molecule is OCCSC1CCCOC1. The van der Waals surface area contributed by atoms with Crippen LogP contribution >= 0.6 is 11.8 Å². The van der Waals surface area contributed by atoms with Gasteiger partial charge in [-0.15, -0.1) is 0 Å². The van der Waals surface area contributed by atoms with Crippen molar-refractivity contribution < 1.29 is 9.84 Å². The van der Waals surface area contributed by atoms with E-state index in [0.717, 1.165) is 19.0 Å². The maximum atomic E-state index is 8.54. The number of thioether (sulfide) groups is 1.